The van der Waals surface area contributed by atoms with Gasteiger partial charge in [-0.15, -0.1) is 0 Å². The lowest BCUT2D eigenvalue weighted by Crippen LogP contribution is -2.42. The minimum Gasteiger partial charge on any atom is -0.469 e. The summed E-state index contributed by atoms with van der Waals surface area (Å²) in [6, 6.07) is 0. The predicted octanol–water partition coefficient (Wildman–Crippen LogP) is 1.10. The third-order valence-corrected chi connectivity index (χ3v) is 2.81. The van der Waals surface area contributed by atoms with Gasteiger partial charge in [0, 0.05) is 0 Å². The minimum atomic E-state index is -0.660. The molecule has 0 aromatic heterocycles. The Bertz CT molecular complexity index is 179. The van der Waals surface area contributed by atoms with Crippen molar-refractivity contribution in [3.05, 3.63) is 0 Å². The van der Waals surface area contributed by atoms with Crippen LogP contribution in [0.5, 0.6) is 0 Å². The third kappa shape index (κ3) is 1.46. The average Bonchev–Trinajstić information content (AvgIpc) is 2.09. The van der Waals surface area contributed by atoms with Gasteiger partial charge in [0.1, 0.15) is 0 Å². The quantitative estimate of drug-likeness (QED) is 0.602. The van der Waals surface area contributed by atoms with Crippen molar-refractivity contribution >= 4 is 5.97 Å². The topological polar surface area (TPSA) is 46.5 Å². The zero-order valence-electron chi connectivity index (χ0n) is 7.67. The van der Waals surface area contributed by atoms with Crippen LogP contribution in [0.15, 0.2) is 0 Å². The number of aliphatic hydroxyl groups is 1. The second-order valence-corrected chi connectivity index (χ2v) is 3.67. The van der Waals surface area contributed by atoms with E-state index in [0.717, 1.165) is 19.3 Å². The molecule has 0 aromatic rings. The van der Waals surface area contributed by atoms with Gasteiger partial charge in [0.05, 0.1) is 18.6 Å². The number of ether oxygens (including phenoxy) is 1. The van der Waals surface area contributed by atoms with E-state index in [9.17, 15) is 9.90 Å². The number of aliphatic hydroxyl groups excluding tert-OH is 1. The van der Waals surface area contributed by atoms with E-state index in [1.54, 1.807) is 6.92 Å². The normalized spacial score (nSPS) is 36.1. The summed E-state index contributed by atoms with van der Waals surface area (Å²) in [6.45, 7) is 1.78. The molecule has 3 nitrogen and oxygen atoms in total. The molecule has 0 amide bonds. The molecule has 0 saturated heterocycles. The van der Waals surface area contributed by atoms with E-state index < -0.39 is 11.5 Å². The van der Waals surface area contributed by atoms with Crippen LogP contribution in [0, 0.1) is 5.41 Å². The first-order valence-corrected chi connectivity index (χ1v) is 4.38. The second-order valence-electron chi connectivity index (χ2n) is 3.67. The number of hydrogen-bond donors (Lipinski definition) is 1. The molecule has 0 spiro atoms. The lowest BCUT2D eigenvalue weighted by atomic mass is 9.73. The van der Waals surface area contributed by atoms with Crippen molar-refractivity contribution < 1.29 is 14.6 Å². The molecule has 1 N–H and O–H groups in total. The highest BCUT2D eigenvalue weighted by atomic mass is 16.5. The Morgan fingerprint density at radius 3 is 2.75 bits per heavy atom. The van der Waals surface area contributed by atoms with Crippen LogP contribution >= 0.6 is 0 Å². The summed E-state index contributed by atoms with van der Waals surface area (Å²) in [7, 11) is 1.37. The molecule has 3 heteroatoms. The number of carbonyl (C=O) groups excluding carboxylic acids is 1. The van der Waals surface area contributed by atoms with Crippen LogP contribution in [-0.4, -0.2) is 24.3 Å². The second kappa shape index (κ2) is 3.44. The van der Waals surface area contributed by atoms with Gasteiger partial charge in [0.2, 0.25) is 0 Å². The molecule has 1 saturated carbocycles. The zero-order valence-corrected chi connectivity index (χ0v) is 7.67. The molecule has 1 fully saturated rings. The van der Waals surface area contributed by atoms with E-state index in [-0.39, 0.29) is 5.97 Å². The maximum absolute atomic E-state index is 11.3. The first-order chi connectivity index (χ1) is 5.61. The van der Waals surface area contributed by atoms with Crippen molar-refractivity contribution in [2.45, 2.75) is 38.7 Å². The van der Waals surface area contributed by atoms with Crippen LogP contribution < -0.4 is 0 Å². The van der Waals surface area contributed by atoms with Crippen LogP contribution in [0.3, 0.4) is 0 Å². The predicted molar refractivity (Wildman–Crippen MR) is 44.6 cm³/mol. The standard InChI is InChI=1S/C9H16O3/c1-9(8(11)12-2)6-4-3-5-7(9)10/h7,10H,3-6H2,1-2H3/t7-,9-/m0/s1. The van der Waals surface area contributed by atoms with Crippen molar-refractivity contribution in [1.29, 1.82) is 0 Å². The fraction of sp³-hybridized carbons (Fsp3) is 0.889. The minimum absolute atomic E-state index is 0.283. The van der Waals surface area contributed by atoms with Crippen LogP contribution in [0.25, 0.3) is 0 Å². The Balaban J connectivity index is 2.72. The van der Waals surface area contributed by atoms with Crippen LogP contribution in [0.1, 0.15) is 32.6 Å². The molecule has 1 aliphatic carbocycles. The maximum atomic E-state index is 11.3. The Kier molecular flexibility index (Phi) is 2.73. The number of hydrogen-bond acceptors (Lipinski definition) is 3. The van der Waals surface area contributed by atoms with Gasteiger partial charge in [-0.25, -0.2) is 0 Å². The summed E-state index contributed by atoms with van der Waals surface area (Å²) in [4.78, 5) is 11.3. The van der Waals surface area contributed by atoms with Gasteiger partial charge >= 0.3 is 5.97 Å². The highest BCUT2D eigenvalue weighted by molar-refractivity contribution is 5.77. The third-order valence-electron chi connectivity index (χ3n) is 2.81. The van der Waals surface area contributed by atoms with Crippen LogP contribution in [0.2, 0.25) is 0 Å². The van der Waals surface area contributed by atoms with E-state index in [1.807, 2.05) is 0 Å². The lowest BCUT2D eigenvalue weighted by molar-refractivity contribution is -0.161. The Morgan fingerprint density at radius 1 is 1.58 bits per heavy atom. The molecule has 12 heavy (non-hydrogen) atoms. The molecule has 0 unspecified atom stereocenters. The Labute approximate surface area is 72.7 Å². The van der Waals surface area contributed by atoms with Crippen LogP contribution in [0.4, 0.5) is 0 Å². The Hall–Kier alpha value is -0.570. The Morgan fingerprint density at radius 2 is 2.25 bits per heavy atom. The highest BCUT2D eigenvalue weighted by Crippen LogP contribution is 2.36. The summed E-state index contributed by atoms with van der Waals surface area (Å²) in [5.74, 6) is -0.283. The molecule has 0 radical (unpaired) electrons. The van der Waals surface area contributed by atoms with Gasteiger partial charge < -0.3 is 9.84 Å². The van der Waals surface area contributed by atoms with Crippen molar-refractivity contribution in [3.8, 4) is 0 Å². The molecule has 0 bridgehead atoms. The summed E-state index contributed by atoms with van der Waals surface area (Å²) in [5, 5.41) is 9.63. The summed E-state index contributed by atoms with van der Waals surface area (Å²) >= 11 is 0. The molecule has 1 rings (SSSR count). The SMILES string of the molecule is COC(=O)[C@@]1(C)CCCC[C@@H]1O. The fourth-order valence-electron chi connectivity index (χ4n) is 1.79. The first kappa shape index (κ1) is 9.52. The lowest BCUT2D eigenvalue weighted by Gasteiger charge is -2.35. The van der Waals surface area contributed by atoms with Gasteiger partial charge in [0.15, 0.2) is 0 Å². The number of rotatable bonds is 1. The van der Waals surface area contributed by atoms with Gasteiger partial charge in [-0.2, -0.15) is 0 Å². The van der Waals surface area contributed by atoms with Crippen molar-refractivity contribution in [3.63, 3.8) is 0 Å². The molecule has 70 valence electrons. The van der Waals surface area contributed by atoms with Gasteiger partial charge in [0.25, 0.3) is 0 Å². The van der Waals surface area contributed by atoms with Gasteiger partial charge in [-0.05, 0) is 19.8 Å². The van der Waals surface area contributed by atoms with Crippen molar-refractivity contribution in [2.24, 2.45) is 5.41 Å². The fourth-order valence-corrected chi connectivity index (χ4v) is 1.79. The number of esters is 1. The van der Waals surface area contributed by atoms with Gasteiger partial charge in [-0.3, -0.25) is 4.79 Å². The summed E-state index contributed by atoms with van der Waals surface area (Å²) < 4.78 is 4.66. The van der Waals surface area contributed by atoms with Crippen molar-refractivity contribution in [1.82, 2.24) is 0 Å². The van der Waals surface area contributed by atoms with E-state index in [2.05, 4.69) is 4.74 Å². The summed E-state index contributed by atoms with van der Waals surface area (Å²) in [5.41, 5.74) is -0.660. The molecule has 0 aliphatic heterocycles. The molecule has 0 heterocycles. The zero-order chi connectivity index (χ0) is 9.19. The smallest absolute Gasteiger partial charge is 0.314 e. The van der Waals surface area contributed by atoms with E-state index in [0.29, 0.717) is 6.42 Å². The monoisotopic (exact) mass is 172 g/mol. The molecule has 0 aromatic carbocycles. The van der Waals surface area contributed by atoms with Gasteiger partial charge in [-0.1, -0.05) is 12.8 Å². The number of methoxy groups -OCH3 is 1. The maximum Gasteiger partial charge on any atom is 0.314 e. The van der Waals surface area contributed by atoms with E-state index in [1.165, 1.54) is 7.11 Å². The molecule has 2 atom stereocenters. The molecule has 1 aliphatic rings. The average molecular weight is 172 g/mol. The van der Waals surface area contributed by atoms with Crippen molar-refractivity contribution in [2.75, 3.05) is 7.11 Å². The first-order valence-electron chi connectivity index (χ1n) is 4.38. The van der Waals surface area contributed by atoms with E-state index in [4.69, 9.17) is 0 Å². The molecular weight excluding hydrogens is 156 g/mol. The summed E-state index contributed by atoms with van der Waals surface area (Å²) in [6.07, 6.45) is 2.93. The highest BCUT2D eigenvalue weighted by Gasteiger charge is 2.42. The van der Waals surface area contributed by atoms with E-state index >= 15 is 0 Å². The molecular formula is C9H16O3. The van der Waals surface area contributed by atoms with Crippen LogP contribution in [-0.2, 0) is 9.53 Å². The largest absolute Gasteiger partial charge is 0.469 e. The number of carbonyl (C=O) groups is 1.